The largest absolute Gasteiger partial charge is 0.347 e. The molecule has 2 aromatic heterocycles. The molecule has 0 saturated heterocycles. The van der Waals surface area contributed by atoms with Crippen LogP contribution in [0.15, 0.2) is 47.5 Å². The van der Waals surface area contributed by atoms with Crippen LogP contribution in [0, 0.1) is 0 Å². The second-order valence-corrected chi connectivity index (χ2v) is 4.96. The maximum Gasteiger partial charge on any atom is 0.347 e. The third-order valence-corrected chi connectivity index (χ3v) is 3.29. The van der Waals surface area contributed by atoms with Crippen molar-refractivity contribution in [3.05, 3.63) is 59.0 Å². The molecule has 3 rings (SSSR count). The van der Waals surface area contributed by atoms with Gasteiger partial charge in [0.25, 0.3) is 0 Å². The van der Waals surface area contributed by atoms with Crippen molar-refractivity contribution in [2.75, 3.05) is 0 Å². The standard InChI is InChI=1S/C15H15N5O2/c1-10(14-18-11-5-2-3-6-12(11)19-14)17-13(21)9-20-8-4-7-16-15(20)22/h2-8,10H,9H2,1H3,(H,17,21)(H,18,19)/t10-/m1/s1. The molecule has 2 heterocycles. The number of benzene rings is 1. The van der Waals surface area contributed by atoms with Crippen LogP contribution in [-0.2, 0) is 11.3 Å². The van der Waals surface area contributed by atoms with Crippen LogP contribution in [0.1, 0.15) is 18.8 Å². The number of H-pyrrole nitrogens is 1. The highest BCUT2D eigenvalue weighted by molar-refractivity contribution is 5.77. The summed E-state index contributed by atoms with van der Waals surface area (Å²) in [4.78, 5) is 34.7. The number of para-hydroxylation sites is 2. The number of carbonyl (C=O) groups is 1. The number of aromatic nitrogens is 4. The summed E-state index contributed by atoms with van der Waals surface area (Å²) in [5, 5.41) is 2.81. The molecule has 0 radical (unpaired) electrons. The van der Waals surface area contributed by atoms with Gasteiger partial charge in [0.15, 0.2) is 0 Å². The molecule has 1 aromatic carbocycles. The summed E-state index contributed by atoms with van der Waals surface area (Å²) in [6.07, 6.45) is 2.93. The Labute approximate surface area is 126 Å². The van der Waals surface area contributed by atoms with E-state index in [1.807, 2.05) is 31.2 Å². The number of amides is 1. The van der Waals surface area contributed by atoms with E-state index in [2.05, 4.69) is 20.3 Å². The van der Waals surface area contributed by atoms with Crippen LogP contribution in [0.5, 0.6) is 0 Å². The minimum Gasteiger partial charge on any atom is -0.345 e. The fourth-order valence-electron chi connectivity index (χ4n) is 2.20. The summed E-state index contributed by atoms with van der Waals surface area (Å²) < 4.78 is 1.25. The molecule has 0 bridgehead atoms. The van der Waals surface area contributed by atoms with Gasteiger partial charge in [-0.3, -0.25) is 9.36 Å². The van der Waals surface area contributed by atoms with Crippen LogP contribution in [0.25, 0.3) is 11.0 Å². The van der Waals surface area contributed by atoms with Crippen LogP contribution >= 0.6 is 0 Å². The molecule has 0 aliphatic heterocycles. The number of rotatable bonds is 4. The van der Waals surface area contributed by atoms with Gasteiger partial charge >= 0.3 is 5.69 Å². The average Bonchev–Trinajstić information content (AvgIpc) is 2.93. The van der Waals surface area contributed by atoms with E-state index in [9.17, 15) is 9.59 Å². The van der Waals surface area contributed by atoms with Crippen molar-refractivity contribution < 1.29 is 4.79 Å². The zero-order chi connectivity index (χ0) is 15.5. The van der Waals surface area contributed by atoms with Crippen molar-refractivity contribution >= 4 is 16.9 Å². The molecule has 0 aliphatic carbocycles. The maximum atomic E-state index is 12.0. The Kier molecular flexibility index (Phi) is 3.69. The Hall–Kier alpha value is -2.96. The van der Waals surface area contributed by atoms with Gasteiger partial charge < -0.3 is 10.3 Å². The van der Waals surface area contributed by atoms with E-state index in [4.69, 9.17) is 0 Å². The highest BCUT2D eigenvalue weighted by Crippen LogP contribution is 2.15. The van der Waals surface area contributed by atoms with E-state index in [0.29, 0.717) is 5.82 Å². The van der Waals surface area contributed by atoms with Crippen LogP contribution in [0.4, 0.5) is 0 Å². The van der Waals surface area contributed by atoms with Crippen molar-refractivity contribution in [1.29, 1.82) is 0 Å². The van der Waals surface area contributed by atoms with E-state index in [1.54, 1.807) is 6.07 Å². The molecule has 0 spiro atoms. The molecule has 1 amide bonds. The van der Waals surface area contributed by atoms with Gasteiger partial charge in [0, 0.05) is 12.4 Å². The fraction of sp³-hybridized carbons (Fsp3) is 0.200. The second kappa shape index (κ2) is 5.80. The summed E-state index contributed by atoms with van der Waals surface area (Å²) >= 11 is 0. The van der Waals surface area contributed by atoms with Gasteiger partial charge in [-0.05, 0) is 25.1 Å². The molecular formula is C15H15N5O2. The van der Waals surface area contributed by atoms with E-state index in [0.717, 1.165) is 11.0 Å². The zero-order valence-corrected chi connectivity index (χ0v) is 12.0. The summed E-state index contributed by atoms with van der Waals surface area (Å²) in [5.41, 5.74) is 1.32. The van der Waals surface area contributed by atoms with Gasteiger partial charge in [-0.25, -0.2) is 14.8 Å². The number of fused-ring (bicyclic) bond motifs is 1. The molecule has 3 aromatic rings. The first-order valence-corrected chi connectivity index (χ1v) is 6.89. The van der Waals surface area contributed by atoms with Gasteiger partial charge in [0.2, 0.25) is 5.91 Å². The number of nitrogens with zero attached hydrogens (tertiary/aromatic N) is 3. The fourth-order valence-corrected chi connectivity index (χ4v) is 2.20. The molecule has 2 N–H and O–H groups in total. The Morgan fingerprint density at radius 1 is 1.36 bits per heavy atom. The number of hydrogen-bond donors (Lipinski definition) is 2. The predicted octanol–water partition coefficient (Wildman–Crippen LogP) is 0.997. The summed E-state index contributed by atoms with van der Waals surface area (Å²) in [6.45, 7) is 1.76. The Bertz CT molecular complexity index is 834. The van der Waals surface area contributed by atoms with Gasteiger partial charge in [-0.2, -0.15) is 0 Å². The van der Waals surface area contributed by atoms with Crippen LogP contribution in [0.2, 0.25) is 0 Å². The molecule has 7 nitrogen and oxygen atoms in total. The first-order valence-electron chi connectivity index (χ1n) is 6.89. The normalized spacial score (nSPS) is 12.2. The van der Waals surface area contributed by atoms with Gasteiger partial charge in [-0.1, -0.05) is 12.1 Å². The Morgan fingerprint density at radius 2 is 2.18 bits per heavy atom. The van der Waals surface area contributed by atoms with Gasteiger partial charge in [0.1, 0.15) is 12.4 Å². The molecular weight excluding hydrogens is 282 g/mol. The minimum absolute atomic E-state index is 0.0722. The highest BCUT2D eigenvalue weighted by atomic mass is 16.2. The summed E-state index contributed by atoms with van der Waals surface area (Å²) in [7, 11) is 0. The van der Waals surface area contributed by atoms with Crippen molar-refractivity contribution in [3.63, 3.8) is 0 Å². The monoisotopic (exact) mass is 297 g/mol. The van der Waals surface area contributed by atoms with E-state index in [-0.39, 0.29) is 18.5 Å². The highest BCUT2D eigenvalue weighted by Gasteiger charge is 2.14. The lowest BCUT2D eigenvalue weighted by molar-refractivity contribution is -0.122. The maximum absolute atomic E-state index is 12.0. The van der Waals surface area contributed by atoms with E-state index in [1.165, 1.54) is 17.0 Å². The molecule has 1 atom stereocenters. The van der Waals surface area contributed by atoms with E-state index >= 15 is 0 Å². The number of carbonyl (C=O) groups excluding carboxylic acids is 1. The minimum atomic E-state index is -0.450. The predicted molar refractivity (Wildman–Crippen MR) is 81.1 cm³/mol. The number of aromatic amines is 1. The topological polar surface area (TPSA) is 92.7 Å². The molecule has 0 fully saturated rings. The summed E-state index contributed by atoms with van der Waals surface area (Å²) in [5.74, 6) is 0.399. The summed E-state index contributed by atoms with van der Waals surface area (Å²) in [6, 6.07) is 8.98. The molecule has 0 saturated carbocycles. The van der Waals surface area contributed by atoms with E-state index < -0.39 is 5.69 Å². The van der Waals surface area contributed by atoms with Crippen molar-refractivity contribution in [1.82, 2.24) is 24.8 Å². The van der Waals surface area contributed by atoms with Crippen molar-refractivity contribution in [2.45, 2.75) is 19.5 Å². The van der Waals surface area contributed by atoms with Crippen LogP contribution < -0.4 is 11.0 Å². The van der Waals surface area contributed by atoms with Gasteiger partial charge in [-0.15, -0.1) is 0 Å². The number of imidazole rings is 1. The Balaban J connectivity index is 1.71. The molecule has 0 aliphatic rings. The van der Waals surface area contributed by atoms with Crippen LogP contribution in [-0.4, -0.2) is 25.4 Å². The first-order chi connectivity index (χ1) is 10.6. The lowest BCUT2D eigenvalue weighted by Crippen LogP contribution is -2.34. The third-order valence-electron chi connectivity index (χ3n) is 3.29. The Morgan fingerprint density at radius 3 is 2.95 bits per heavy atom. The lowest BCUT2D eigenvalue weighted by Gasteiger charge is -2.12. The van der Waals surface area contributed by atoms with Crippen LogP contribution in [0.3, 0.4) is 0 Å². The molecule has 0 unspecified atom stereocenters. The number of nitrogens with one attached hydrogen (secondary N) is 2. The molecule has 22 heavy (non-hydrogen) atoms. The first kappa shape index (κ1) is 14.0. The smallest absolute Gasteiger partial charge is 0.345 e. The lowest BCUT2D eigenvalue weighted by atomic mass is 10.3. The SMILES string of the molecule is C[C@@H](NC(=O)Cn1cccnc1=O)c1nc2ccccc2[nH]1. The zero-order valence-electron chi connectivity index (χ0n) is 12.0. The number of hydrogen-bond acceptors (Lipinski definition) is 4. The van der Waals surface area contributed by atoms with Gasteiger partial charge in [0.05, 0.1) is 17.1 Å². The molecule has 7 heteroatoms. The third kappa shape index (κ3) is 2.88. The molecule has 112 valence electrons. The quantitative estimate of drug-likeness (QED) is 0.751. The average molecular weight is 297 g/mol. The van der Waals surface area contributed by atoms with Crippen molar-refractivity contribution in [3.8, 4) is 0 Å². The second-order valence-electron chi connectivity index (χ2n) is 4.96. The van der Waals surface area contributed by atoms with Crippen molar-refractivity contribution in [2.24, 2.45) is 0 Å².